The van der Waals surface area contributed by atoms with Crippen LogP contribution in [0.4, 0.5) is 10.1 Å². The summed E-state index contributed by atoms with van der Waals surface area (Å²) in [7, 11) is 0. The molecule has 2 heterocycles. The highest BCUT2D eigenvalue weighted by Crippen LogP contribution is 2.27. The zero-order valence-electron chi connectivity index (χ0n) is 12.0. The number of carbonyl (C=O) groups excluding carboxylic acids is 2. The van der Waals surface area contributed by atoms with Gasteiger partial charge in [-0.1, -0.05) is 0 Å². The van der Waals surface area contributed by atoms with Crippen molar-refractivity contribution in [3.05, 3.63) is 42.2 Å². The molecule has 1 aliphatic rings. The number of carbonyl (C=O) groups is 2. The van der Waals surface area contributed by atoms with E-state index in [-0.39, 0.29) is 18.0 Å². The van der Waals surface area contributed by atoms with Gasteiger partial charge in [0.15, 0.2) is 18.8 Å². The molecule has 23 heavy (non-hydrogen) atoms. The first-order valence-electron chi connectivity index (χ1n) is 6.93. The Bertz CT molecular complexity index is 733. The molecule has 1 aromatic heterocycles. The summed E-state index contributed by atoms with van der Waals surface area (Å²) in [6.07, 6.45) is 2.60. The maximum Gasteiger partial charge on any atom is 0.187 e. The summed E-state index contributed by atoms with van der Waals surface area (Å²) < 4.78 is 21.1. The number of aldehydes is 2. The molecule has 1 N–H and O–H groups in total. The second-order valence-corrected chi connectivity index (χ2v) is 5.08. The summed E-state index contributed by atoms with van der Waals surface area (Å²) in [4.78, 5) is 27.1. The smallest absolute Gasteiger partial charge is 0.187 e. The zero-order chi connectivity index (χ0) is 16.4. The van der Waals surface area contributed by atoms with Crippen molar-refractivity contribution in [1.29, 1.82) is 0 Å². The van der Waals surface area contributed by atoms with Crippen molar-refractivity contribution in [3.8, 4) is 5.69 Å². The summed E-state index contributed by atoms with van der Waals surface area (Å²) in [6, 6.07) is 4.43. The molecule has 0 spiro atoms. The number of rotatable bonds is 5. The fraction of sp³-hybridized carbons (Fsp3) is 0.267. The molecule has 3 rings (SSSR count). The number of hydrogen-bond acceptors (Lipinski definition) is 6. The number of halogens is 1. The average molecular weight is 319 g/mol. The summed E-state index contributed by atoms with van der Waals surface area (Å²) in [5, 5.41) is 9.14. The Morgan fingerprint density at radius 3 is 2.87 bits per heavy atom. The number of aliphatic hydroxyl groups is 1. The van der Waals surface area contributed by atoms with E-state index in [1.165, 1.54) is 29.2 Å². The molecule has 8 heteroatoms. The minimum Gasteiger partial charge on any atom is -0.394 e. The standard InChI is InChI=1S/C15H14FN3O4/c16-13-3-11(19-5-12(7-21)23-15(19)8-22)1-2-14(13)18-4-10(6-20)17-9-18/h1-4,6,8-9,12,15,21H,5,7H2/t12-,15?/m1/s1. The predicted molar refractivity (Wildman–Crippen MR) is 78.1 cm³/mol. The van der Waals surface area contributed by atoms with Crippen LogP contribution in [0, 0.1) is 5.82 Å². The largest absolute Gasteiger partial charge is 0.394 e. The van der Waals surface area contributed by atoms with Crippen LogP contribution in [-0.4, -0.2) is 52.7 Å². The lowest BCUT2D eigenvalue weighted by Gasteiger charge is -2.21. The van der Waals surface area contributed by atoms with Crippen LogP contribution in [0.1, 0.15) is 10.5 Å². The van der Waals surface area contributed by atoms with Crippen molar-refractivity contribution in [2.24, 2.45) is 0 Å². The van der Waals surface area contributed by atoms with Crippen LogP contribution in [-0.2, 0) is 9.53 Å². The van der Waals surface area contributed by atoms with Crippen molar-refractivity contribution in [2.45, 2.75) is 12.3 Å². The molecule has 2 atom stereocenters. The van der Waals surface area contributed by atoms with Crippen molar-refractivity contribution in [3.63, 3.8) is 0 Å². The summed E-state index contributed by atoms with van der Waals surface area (Å²) >= 11 is 0. The van der Waals surface area contributed by atoms with Gasteiger partial charge in [-0.3, -0.25) is 9.59 Å². The number of aliphatic hydroxyl groups excluding tert-OH is 1. The fourth-order valence-electron chi connectivity index (χ4n) is 2.51. The molecule has 1 unspecified atom stereocenters. The Morgan fingerprint density at radius 2 is 2.26 bits per heavy atom. The highest BCUT2D eigenvalue weighted by Gasteiger charge is 2.32. The van der Waals surface area contributed by atoms with Crippen molar-refractivity contribution in [1.82, 2.24) is 9.55 Å². The van der Waals surface area contributed by atoms with Crippen LogP contribution in [0.3, 0.4) is 0 Å². The van der Waals surface area contributed by atoms with Gasteiger partial charge in [-0.05, 0) is 18.2 Å². The number of anilines is 1. The van der Waals surface area contributed by atoms with Crippen LogP contribution in [0.25, 0.3) is 5.69 Å². The highest BCUT2D eigenvalue weighted by atomic mass is 19.1. The number of aromatic nitrogens is 2. The Hall–Kier alpha value is -2.58. The number of hydrogen-bond donors (Lipinski definition) is 1. The molecule has 0 radical (unpaired) electrons. The monoisotopic (exact) mass is 319 g/mol. The van der Waals surface area contributed by atoms with E-state index in [1.54, 1.807) is 11.0 Å². The third kappa shape index (κ3) is 2.86. The van der Waals surface area contributed by atoms with Gasteiger partial charge in [0.1, 0.15) is 23.9 Å². The average Bonchev–Trinajstić information content (AvgIpc) is 3.21. The molecular weight excluding hydrogens is 305 g/mol. The van der Waals surface area contributed by atoms with Crippen molar-refractivity contribution in [2.75, 3.05) is 18.1 Å². The van der Waals surface area contributed by atoms with Crippen LogP contribution >= 0.6 is 0 Å². The second-order valence-electron chi connectivity index (χ2n) is 5.08. The molecule has 1 fully saturated rings. The van der Waals surface area contributed by atoms with Gasteiger partial charge in [-0.25, -0.2) is 9.37 Å². The number of benzene rings is 1. The fourth-order valence-corrected chi connectivity index (χ4v) is 2.51. The predicted octanol–water partition coefficient (Wildman–Crippen LogP) is 0.546. The Labute approximate surface area is 130 Å². The lowest BCUT2D eigenvalue weighted by atomic mass is 10.2. The van der Waals surface area contributed by atoms with Gasteiger partial charge in [0.2, 0.25) is 0 Å². The molecular formula is C15H14FN3O4. The Kier molecular flexibility index (Phi) is 4.18. The first kappa shape index (κ1) is 15.3. The molecule has 0 amide bonds. The maximum absolute atomic E-state index is 14.4. The number of ether oxygens (including phenoxy) is 1. The first-order chi connectivity index (χ1) is 11.2. The topological polar surface area (TPSA) is 84.7 Å². The summed E-state index contributed by atoms with van der Waals surface area (Å²) in [5.41, 5.74) is 0.902. The van der Waals surface area contributed by atoms with Crippen LogP contribution in [0.15, 0.2) is 30.7 Å². The Balaban J connectivity index is 1.89. The highest BCUT2D eigenvalue weighted by molar-refractivity contribution is 5.71. The van der Waals surface area contributed by atoms with E-state index in [0.717, 1.165) is 0 Å². The quantitative estimate of drug-likeness (QED) is 0.810. The normalized spacial score (nSPS) is 20.7. The molecule has 7 nitrogen and oxygen atoms in total. The van der Waals surface area contributed by atoms with Crippen molar-refractivity contribution >= 4 is 18.3 Å². The maximum atomic E-state index is 14.4. The minimum atomic E-state index is -0.854. The van der Waals surface area contributed by atoms with Crippen LogP contribution < -0.4 is 4.90 Å². The molecule has 2 aromatic rings. The van der Waals surface area contributed by atoms with E-state index >= 15 is 0 Å². The molecule has 1 aromatic carbocycles. The van der Waals surface area contributed by atoms with Gasteiger partial charge in [-0.15, -0.1) is 0 Å². The SMILES string of the molecule is O=Cc1cn(-c2ccc(N3C[C@H](CO)OC3C=O)cc2F)cn1. The van der Waals surface area contributed by atoms with Gasteiger partial charge in [-0.2, -0.15) is 0 Å². The first-order valence-corrected chi connectivity index (χ1v) is 6.93. The van der Waals surface area contributed by atoms with E-state index in [1.807, 2.05) is 0 Å². The van der Waals surface area contributed by atoms with E-state index < -0.39 is 18.1 Å². The third-order valence-corrected chi connectivity index (χ3v) is 3.62. The molecule has 1 aliphatic heterocycles. The lowest BCUT2D eigenvalue weighted by Crippen LogP contribution is -2.31. The van der Waals surface area contributed by atoms with E-state index in [2.05, 4.69) is 4.98 Å². The third-order valence-electron chi connectivity index (χ3n) is 3.62. The second kappa shape index (κ2) is 6.27. The van der Waals surface area contributed by atoms with E-state index in [4.69, 9.17) is 9.84 Å². The van der Waals surface area contributed by atoms with Gasteiger partial charge >= 0.3 is 0 Å². The van der Waals surface area contributed by atoms with E-state index in [9.17, 15) is 14.0 Å². The molecule has 0 bridgehead atoms. The van der Waals surface area contributed by atoms with Gasteiger partial charge in [0.25, 0.3) is 0 Å². The van der Waals surface area contributed by atoms with Crippen molar-refractivity contribution < 1.29 is 23.8 Å². The number of nitrogens with zero attached hydrogens (tertiary/aromatic N) is 3. The van der Waals surface area contributed by atoms with Gasteiger partial charge < -0.3 is 19.3 Å². The summed E-state index contributed by atoms with van der Waals surface area (Å²) in [5.74, 6) is -0.533. The van der Waals surface area contributed by atoms with Crippen LogP contribution in [0.2, 0.25) is 0 Å². The summed E-state index contributed by atoms with van der Waals surface area (Å²) in [6.45, 7) is 0.0734. The Morgan fingerprint density at radius 1 is 1.43 bits per heavy atom. The number of imidazole rings is 1. The molecule has 0 aliphatic carbocycles. The zero-order valence-corrected chi connectivity index (χ0v) is 12.0. The molecule has 120 valence electrons. The molecule has 1 saturated heterocycles. The van der Waals surface area contributed by atoms with E-state index in [0.29, 0.717) is 24.8 Å². The van der Waals surface area contributed by atoms with Gasteiger partial charge in [0, 0.05) is 18.4 Å². The van der Waals surface area contributed by atoms with Crippen LogP contribution in [0.5, 0.6) is 0 Å². The van der Waals surface area contributed by atoms with Gasteiger partial charge in [0.05, 0.1) is 12.3 Å². The molecule has 0 saturated carbocycles. The minimum absolute atomic E-state index is 0.202. The lowest BCUT2D eigenvalue weighted by molar-refractivity contribution is -0.117.